The minimum Gasteiger partial charge on any atom is -0.373 e. The lowest BCUT2D eigenvalue weighted by Crippen LogP contribution is -2.14. The molecule has 0 bridgehead atoms. The Morgan fingerprint density at radius 3 is 2.75 bits per heavy atom. The minimum atomic E-state index is 0.299. The van der Waals surface area contributed by atoms with Gasteiger partial charge in [0.25, 0.3) is 0 Å². The SMILES string of the molecule is CNc1cc(NCC(C)C2CC2)nc(N)n1. The van der Waals surface area contributed by atoms with E-state index in [0.29, 0.717) is 11.9 Å². The van der Waals surface area contributed by atoms with Gasteiger partial charge in [-0.1, -0.05) is 6.92 Å². The fourth-order valence-corrected chi connectivity index (χ4v) is 1.78. The van der Waals surface area contributed by atoms with E-state index in [0.717, 1.165) is 24.1 Å². The first-order valence-electron chi connectivity index (χ1n) is 5.75. The zero-order chi connectivity index (χ0) is 11.5. The molecule has 1 aromatic heterocycles. The molecule has 1 unspecified atom stereocenters. The molecule has 0 radical (unpaired) electrons. The third-order valence-corrected chi connectivity index (χ3v) is 3.03. The zero-order valence-electron chi connectivity index (χ0n) is 9.83. The Hall–Kier alpha value is -1.52. The van der Waals surface area contributed by atoms with Crippen molar-refractivity contribution in [3.05, 3.63) is 6.07 Å². The highest BCUT2D eigenvalue weighted by Crippen LogP contribution is 2.36. The van der Waals surface area contributed by atoms with E-state index in [1.54, 1.807) is 0 Å². The molecule has 1 aliphatic rings. The number of rotatable bonds is 5. The van der Waals surface area contributed by atoms with Gasteiger partial charge in [-0.3, -0.25) is 0 Å². The monoisotopic (exact) mass is 221 g/mol. The average molecular weight is 221 g/mol. The van der Waals surface area contributed by atoms with Crippen molar-refractivity contribution in [3.63, 3.8) is 0 Å². The molecule has 16 heavy (non-hydrogen) atoms. The van der Waals surface area contributed by atoms with Crippen LogP contribution in [0, 0.1) is 11.8 Å². The Bertz CT molecular complexity index is 361. The van der Waals surface area contributed by atoms with Gasteiger partial charge in [-0.2, -0.15) is 9.97 Å². The maximum Gasteiger partial charge on any atom is 0.223 e. The number of nitrogens with zero attached hydrogens (tertiary/aromatic N) is 2. The van der Waals surface area contributed by atoms with Crippen molar-refractivity contribution in [1.29, 1.82) is 0 Å². The van der Waals surface area contributed by atoms with E-state index in [1.807, 2.05) is 13.1 Å². The van der Waals surface area contributed by atoms with E-state index >= 15 is 0 Å². The largest absolute Gasteiger partial charge is 0.373 e. The van der Waals surface area contributed by atoms with Crippen molar-refractivity contribution in [1.82, 2.24) is 9.97 Å². The van der Waals surface area contributed by atoms with Crippen LogP contribution in [0.1, 0.15) is 19.8 Å². The lowest BCUT2D eigenvalue weighted by atomic mass is 10.1. The number of aromatic nitrogens is 2. The van der Waals surface area contributed by atoms with Crippen molar-refractivity contribution < 1.29 is 0 Å². The molecule has 0 saturated heterocycles. The van der Waals surface area contributed by atoms with Crippen LogP contribution in [0.3, 0.4) is 0 Å². The summed E-state index contributed by atoms with van der Waals surface area (Å²) in [5, 5.41) is 6.27. The molecule has 0 aliphatic heterocycles. The minimum absolute atomic E-state index is 0.299. The van der Waals surface area contributed by atoms with E-state index in [2.05, 4.69) is 27.5 Å². The van der Waals surface area contributed by atoms with Gasteiger partial charge < -0.3 is 16.4 Å². The predicted molar refractivity (Wildman–Crippen MR) is 66.4 cm³/mol. The quantitative estimate of drug-likeness (QED) is 0.703. The van der Waals surface area contributed by atoms with Crippen molar-refractivity contribution in [2.75, 3.05) is 30.0 Å². The number of nitrogens with two attached hydrogens (primary N) is 1. The van der Waals surface area contributed by atoms with E-state index in [1.165, 1.54) is 12.8 Å². The molecule has 1 aliphatic carbocycles. The third-order valence-electron chi connectivity index (χ3n) is 3.03. The lowest BCUT2D eigenvalue weighted by Gasteiger charge is -2.12. The molecule has 1 fully saturated rings. The first kappa shape index (κ1) is 11.0. The lowest BCUT2D eigenvalue weighted by molar-refractivity contribution is 0.536. The van der Waals surface area contributed by atoms with Crippen LogP contribution in [-0.2, 0) is 0 Å². The van der Waals surface area contributed by atoms with Crippen LogP contribution in [0.5, 0.6) is 0 Å². The highest BCUT2D eigenvalue weighted by molar-refractivity contribution is 5.50. The summed E-state index contributed by atoms with van der Waals surface area (Å²) in [6.07, 6.45) is 2.74. The van der Waals surface area contributed by atoms with E-state index in [9.17, 15) is 0 Å². The van der Waals surface area contributed by atoms with Gasteiger partial charge in [-0.25, -0.2) is 0 Å². The molecule has 1 saturated carbocycles. The van der Waals surface area contributed by atoms with E-state index in [-0.39, 0.29) is 0 Å². The van der Waals surface area contributed by atoms with Gasteiger partial charge in [0.2, 0.25) is 5.95 Å². The van der Waals surface area contributed by atoms with Crippen LogP contribution >= 0.6 is 0 Å². The number of hydrogen-bond donors (Lipinski definition) is 3. The summed E-state index contributed by atoms with van der Waals surface area (Å²) in [6, 6.07) is 1.87. The van der Waals surface area contributed by atoms with Crippen LogP contribution in [0.15, 0.2) is 6.07 Å². The van der Waals surface area contributed by atoms with Crippen LogP contribution in [0.2, 0.25) is 0 Å². The second-order valence-electron chi connectivity index (χ2n) is 4.44. The maximum absolute atomic E-state index is 5.61. The van der Waals surface area contributed by atoms with Crippen molar-refractivity contribution in [3.8, 4) is 0 Å². The molecule has 0 spiro atoms. The highest BCUT2D eigenvalue weighted by atomic mass is 15.1. The summed E-state index contributed by atoms with van der Waals surface area (Å²) in [6.45, 7) is 3.22. The fraction of sp³-hybridized carbons (Fsp3) is 0.636. The molecule has 0 amide bonds. The topological polar surface area (TPSA) is 75.9 Å². The molecule has 2 rings (SSSR count). The van der Waals surface area contributed by atoms with Crippen LogP contribution in [0.4, 0.5) is 17.6 Å². The van der Waals surface area contributed by atoms with E-state index < -0.39 is 0 Å². The van der Waals surface area contributed by atoms with Gasteiger partial charge in [0.05, 0.1) is 0 Å². The summed E-state index contributed by atoms with van der Waals surface area (Å²) >= 11 is 0. The summed E-state index contributed by atoms with van der Waals surface area (Å²) in [7, 11) is 1.82. The van der Waals surface area contributed by atoms with Gasteiger partial charge in [-0.15, -0.1) is 0 Å². The number of hydrogen-bond acceptors (Lipinski definition) is 5. The first-order valence-corrected chi connectivity index (χ1v) is 5.75. The summed E-state index contributed by atoms with van der Waals surface area (Å²) in [5.41, 5.74) is 5.61. The second-order valence-corrected chi connectivity index (χ2v) is 4.44. The van der Waals surface area contributed by atoms with Crippen molar-refractivity contribution >= 4 is 17.6 Å². The van der Waals surface area contributed by atoms with Crippen LogP contribution in [0.25, 0.3) is 0 Å². The fourth-order valence-electron chi connectivity index (χ4n) is 1.78. The molecule has 1 heterocycles. The smallest absolute Gasteiger partial charge is 0.223 e. The maximum atomic E-state index is 5.61. The zero-order valence-corrected chi connectivity index (χ0v) is 9.83. The van der Waals surface area contributed by atoms with Crippen LogP contribution < -0.4 is 16.4 Å². The molecule has 5 nitrogen and oxygen atoms in total. The molecule has 1 atom stereocenters. The van der Waals surface area contributed by atoms with Crippen molar-refractivity contribution in [2.45, 2.75) is 19.8 Å². The number of nitrogen functional groups attached to an aromatic ring is 1. The number of anilines is 3. The van der Waals surface area contributed by atoms with Gasteiger partial charge in [0.15, 0.2) is 0 Å². The van der Waals surface area contributed by atoms with Gasteiger partial charge in [0, 0.05) is 19.7 Å². The molecule has 1 aromatic rings. The number of nitrogens with one attached hydrogen (secondary N) is 2. The Morgan fingerprint density at radius 1 is 1.44 bits per heavy atom. The Balaban J connectivity index is 1.94. The Labute approximate surface area is 95.9 Å². The predicted octanol–water partition coefficient (Wildman–Crippen LogP) is 1.56. The molecular formula is C11H19N5. The van der Waals surface area contributed by atoms with Crippen molar-refractivity contribution in [2.24, 2.45) is 11.8 Å². The first-order chi connectivity index (χ1) is 7.69. The standard InChI is InChI=1S/C11H19N5/c1-7(8-3-4-8)6-14-10-5-9(13-2)15-11(12)16-10/h5,7-8H,3-4,6H2,1-2H3,(H4,12,13,14,15,16). The normalized spacial score (nSPS) is 16.9. The average Bonchev–Trinajstić information content (AvgIpc) is 3.08. The summed E-state index contributed by atoms with van der Waals surface area (Å²) in [5.74, 6) is 3.44. The highest BCUT2D eigenvalue weighted by Gasteiger charge is 2.27. The van der Waals surface area contributed by atoms with Crippen LogP contribution in [-0.4, -0.2) is 23.6 Å². The molecular weight excluding hydrogens is 202 g/mol. The molecule has 88 valence electrons. The molecule has 5 heteroatoms. The van der Waals surface area contributed by atoms with Gasteiger partial charge in [0.1, 0.15) is 11.6 Å². The second kappa shape index (κ2) is 4.55. The summed E-state index contributed by atoms with van der Waals surface area (Å²) in [4.78, 5) is 8.19. The Morgan fingerprint density at radius 2 is 2.12 bits per heavy atom. The molecule has 4 N–H and O–H groups in total. The molecule has 0 aromatic carbocycles. The van der Waals surface area contributed by atoms with E-state index in [4.69, 9.17) is 5.73 Å². The summed E-state index contributed by atoms with van der Waals surface area (Å²) < 4.78 is 0. The third kappa shape index (κ3) is 2.74. The van der Waals surface area contributed by atoms with Gasteiger partial charge in [-0.05, 0) is 24.7 Å². The Kier molecular flexibility index (Phi) is 3.12. The van der Waals surface area contributed by atoms with Gasteiger partial charge >= 0.3 is 0 Å².